The van der Waals surface area contributed by atoms with Gasteiger partial charge in [-0.2, -0.15) is 0 Å². The Hall–Kier alpha value is -2.46. The van der Waals surface area contributed by atoms with Crippen LogP contribution in [0, 0.1) is 11.8 Å². The molecule has 0 unspecified atom stereocenters. The first-order valence-corrected chi connectivity index (χ1v) is 9.74. The maximum atomic E-state index is 12.3. The molecule has 2 N–H and O–H groups in total. The summed E-state index contributed by atoms with van der Waals surface area (Å²) in [6.07, 6.45) is 1.10. The number of hydrogen-bond acceptors (Lipinski definition) is 3. The third kappa shape index (κ3) is 4.83. The molecule has 4 nitrogen and oxygen atoms in total. The Labute approximate surface area is 161 Å². The normalized spacial score (nSPS) is 12.8. The third-order valence-electron chi connectivity index (χ3n) is 4.80. The summed E-state index contributed by atoms with van der Waals surface area (Å²) in [6, 6.07) is 16.5. The van der Waals surface area contributed by atoms with Gasteiger partial charge < -0.3 is 10.3 Å². The molecule has 1 atom stereocenters. The highest BCUT2D eigenvalue weighted by Gasteiger charge is 2.16. The number of hydrogen-bond donors (Lipinski definition) is 2. The predicted molar refractivity (Wildman–Crippen MR) is 112 cm³/mol. The highest BCUT2D eigenvalue weighted by atomic mass is 16.1. The lowest BCUT2D eigenvalue weighted by Crippen LogP contribution is -2.27. The van der Waals surface area contributed by atoms with E-state index >= 15 is 0 Å². The molecule has 0 saturated heterocycles. The van der Waals surface area contributed by atoms with Crippen LogP contribution in [0.5, 0.6) is 0 Å². The van der Waals surface area contributed by atoms with Gasteiger partial charge in [-0.15, -0.1) is 0 Å². The van der Waals surface area contributed by atoms with E-state index in [4.69, 9.17) is 0 Å². The Morgan fingerprint density at radius 3 is 2.37 bits per heavy atom. The summed E-state index contributed by atoms with van der Waals surface area (Å²) < 4.78 is 0. The van der Waals surface area contributed by atoms with Gasteiger partial charge in [-0.1, -0.05) is 64.1 Å². The largest absolute Gasteiger partial charge is 0.309 e. The highest BCUT2D eigenvalue weighted by Crippen LogP contribution is 2.23. The van der Waals surface area contributed by atoms with Gasteiger partial charge in [0.05, 0.1) is 17.4 Å². The number of para-hydroxylation sites is 1. The van der Waals surface area contributed by atoms with Crippen LogP contribution in [0.1, 0.15) is 50.7 Å². The van der Waals surface area contributed by atoms with Crippen molar-refractivity contribution in [2.45, 2.75) is 46.7 Å². The summed E-state index contributed by atoms with van der Waals surface area (Å²) in [5, 5.41) is 4.20. The van der Waals surface area contributed by atoms with Crippen LogP contribution in [0.25, 0.3) is 10.9 Å². The Morgan fingerprint density at radius 2 is 1.70 bits per heavy atom. The van der Waals surface area contributed by atoms with E-state index in [1.54, 1.807) is 6.07 Å². The summed E-state index contributed by atoms with van der Waals surface area (Å²) in [4.78, 5) is 19.7. The van der Waals surface area contributed by atoms with Crippen LogP contribution in [-0.2, 0) is 13.0 Å². The molecule has 2 aromatic carbocycles. The minimum atomic E-state index is -0.0865. The molecule has 3 aromatic rings. The first kappa shape index (κ1) is 19.3. The van der Waals surface area contributed by atoms with Gasteiger partial charge in [-0.3, -0.25) is 4.79 Å². The average molecular weight is 364 g/mol. The molecule has 27 heavy (non-hydrogen) atoms. The lowest BCUT2D eigenvalue weighted by molar-refractivity contribution is 0.406. The van der Waals surface area contributed by atoms with Gasteiger partial charge in [-0.25, -0.2) is 4.98 Å². The molecule has 0 spiro atoms. The van der Waals surface area contributed by atoms with E-state index in [2.05, 4.69) is 67.2 Å². The molecule has 0 radical (unpaired) electrons. The second-order valence-electron chi connectivity index (χ2n) is 7.97. The van der Waals surface area contributed by atoms with Gasteiger partial charge in [0.2, 0.25) is 0 Å². The third-order valence-corrected chi connectivity index (χ3v) is 4.80. The Balaban J connectivity index is 1.76. The minimum Gasteiger partial charge on any atom is -0.309 e. The van der Waals surface area contributed by atoms with E-state index in [-0.39, 0.29) is 11.6 Å². The highest BCUT2D eigenvalue weighted by molar-refractivity contribution is 5.77. The number of fused-ring (bicyclic) bond motifs is 1. The fourth-order valence-corrected chi connectivity index (χ4v) is 3.50. The van der Waals surface area contributed by atoms with E-state index < -0.39 is 0 Å². The SMILES string of the molecule is CC(C)Cc1ccc([C@@H](NCc2nc3ccccc3c(=O)[nH]2)C(C)C)cc1. The average Bonchev–Trinajstić information content (AvgIpc) is 2.62. The monoisotopic (exact) mass is 363 g/mol. The summed E-state index contributed by atoms with van der Waals surface area (Å²) in [5.41, 5.74) is 3.28. The number of aromatic nitrogens is 2. The van der Waals surface area contributed by atoms with Crippen LogP contribution >= 0.6 is 0 Å². The number of rotatable bonds is 7. The Bertz CT molecular complexity index is 942. The van der Waals surface area contributed by atoms with Gasteiger partial charge in [0, 0.05) is 6.04 Å². The van der Waals surface area contributed by atoms with Crippen molar-refractivity contribution in [1.29, 1.82) is 0 Å². The van der Waals surface area contributed by atoms with Crippen LogP contribution in [0.15, 0.2) is 53.3 Å². The minimum absolute atomic E-state index is 0.0865. The Kier molecular flexibility index (Phi) is 6.07. The molecule has 0 bridgehead atoms. The first-order valence-electron chi connectivity index (χ1n) is 9.74. The van der Waals surface area contributed by atoms with Crippen LogP contribution in [-0.4, -0.2) is 9.97 Å². The lowest BCUT2D eigenvalue weighted by Gasteiger charge is -2.23. The number of nitrogens with one attached hydrogen (secondary N) is 2. The van der Waals surface area contributed by atoms with Gasteiger partial charge >= 0.3 is 0 Å². The molecule has 4 heteroatoms. The van der Waals surface area contributed by atoms with Crippen LogP contribution in [0.3, 0.4) is 0 Å². The lowest BCUT2D eigenvalue weighted by atomic mass is 9.93. The van der Waals surface area contributed by atoms with Crippen LogP contribution in [0.2, 0.25) is 0 Å². The zero-order valence-corrected chi connectivity index (χ0v) is 16.6. The van der Waals surface area contributed by atoms with Crippen molar-refractivity contribution in [2.75, 3.05) is 0 Å². The van der Waals surface area contributed by atoms with E-state index in [0.29, 0.717) is 29.6 Å². The zero-order valence-electron chi connectivity index (χ0n) is 16.6. The molecule has 0 aliphatic rings. The van der Waals surface area contributed by atoms with Crippen molar-refractivity contribution in [2.24, 2.45) is 11.8 Å². The van der Waals surface area contributed by atoms with Gasteiger partial charge in [0.25, 0.3) is 5.56 Å². The summed E-state index contributed by atoms with van der Waals surface area (Å²) in [6.45, 7) is 9.41. The predicted octanol–water partition coefficient (Wildman–Crippen LogP) is 4.61. The molecule has 0 aliphatic carbocycles. The van der Waals surface area contributed by atoms with Gasteiger partial charge in [0.1, 0.15) is 5.82 Å². The maximum Gasteiger partial charge on any atom is 0.258 e. The van der Waals surface area contributed by atoms with Crippen LogP contribution < -0.4 is 10.9 Å². The molecule has 0 aliphatic heterocycles. The molecule has 0 amide bonds. The van der Waals surface area contributed by atoms with E-state index in [1.807, 2.05) is 18.2 Å². The number of aromatic amines is 1. The van der Waals surface area contributed by atoms with E-state index in [9.17, 15) is 4.79 Å². The number of nitrogens with zero attached hydrogens (tertiary/aromatic N) is 1. The topological polar surface area (TPSA) is 57.8 Å². The van der Waals surface area contributed by atoms with E-state index in [0.717, 1.165) is 11.9 Å². The standard InChI is InChI=1S/C23H29N3O/c1-15(2)13-17-9-11-18(12-10-17)22(16(3)4)24-14-21-25-20-8-6-5-7-19(20)23(27)26-21/h5-12,15-16,22,24H,13-14H2,1-4H3,(H,25,26,27)/t22-/m0/s1. The van der Waals surface area contributed by atoms with E-state index in [1.165, 1.54) is 11.1 Å². The fraction of sp³-hybridized carbons (Fsp3) is 0.391. The summed E-state index contributed by atoms with van der Waals surface area (Å²) in [5.74, 6) is 1.75. The second-order valence-corrected chi connectivity index (χ2v) is 7.97. The van der Waals surface area contributed by atoms with Crippen molar-refractivity contribution in [3.8, 4) is 0 Å². The molecule has 0 saturated carbocycles. The molecule has 1 aromatic heterocycles. The second kappa shape index (κ2) is 8.49. The Morgan fingerprint density at radius 1 is 1.00 bits per heavy atom. The molecule has 0 fully saturated rings. The quantitative estimate of drug-likeness (QED) is 0.644. The van der Waals surface area contributed by atoms with Crippen LogP contribution in [0.4, 0.5) is 0 Å². The molecule has 3 rings (SSSR count). The number of benzene rings is 2. The van der Waals surface area contributed by atoms with Crippen molar-refractivity contribution in [1.82, 2.24) is 15.3 Å². The first-order chi connectivity index (χ1) is 12.9. The molecule has 142 valence electrons. The number of H-pyrrole nitrogens is 1. The van der Waals surface area contributed by atoms with Crippen molar-refractivity contribution in [3.05, 3.63) is 75.8 Å². The van der Waals surface area contributed by atoms with Crippen molar-refractivity contribution < 1.29 is 0 Å². The zero-order chi connectivity index (χ0) is 19.4. The van der Waals surface area contributed by atoms with Crippen molar-refractivity contribution >= 4 is 10.9 Å². The smallest absolute Gasteiger partial charge is 0.258 e. The molecule has 1 heterocycles. The molecular formula is C23H29N3O. The van der Waals surface area contributed by atoms with Crippen molar-refractivity contribution in [3.63, 3.8) is 0 Å². The fourth-order valence-electron chi connectivity index (χ4n) is 3.50. The van der Waals surface area contributed by atoms with Gasteiger partial charge in [-0.05, 0) is 41.5 Å². The summed E-state index contributed by atoms with van der Waals surface area (Å²) >= 11 is 0. The summed E-state index contributed by atoms with van der Waals surface area (Å²) in [7, 11) is 0. The maximum absolute atomic E-state index is 12.3. The van der Waals surface area contributed by atoms with Gasteiger partial charge in [0.15, 0.2) is 0 Å². The molecular weight excluding hydrogens is 334 g/mol.